The van der Waals surface area contributed by atoms with Crippen LogP contribution in [-0.4, -0.2) is 55.9 Å². The molecule has 1 aromatic heterocycles. The lowest BCUT2D eigenvalue weighted by atomic mass is 10.2. The first-order valence-electron chi connectivity index (χ1n) is 10.2. The summed E-state index contributed by atoms with van der Waals surface area (Å²) in [6, 6.07) is 11.7. The van der Waals surface area contributed by atoms with E-state index < -0.39 is 10.0 Å². The summed E-state index contributed by atoms with van der Waals surface area (Å²) in [5.41, 5.74) is 1.53. The minimum absolute atomic E-state index is 0.188. The van der Waals surface area contributed by atoms with Crippen LogP contribution in [0, 0.1) is 0 Å². The Kier molecular flexibility index (Phi) is 6.97. The van der Waals surface area contributed by atoms with Crippen molar-refractivity contribution in [2.24, 2.45) is 7.05 Å². The fraction of sp³-hybridized carbons (Fsp3) is 0.476. The van der Waals surface area contributed by atoms with E-state index in [1.165, 1.54) is 22.3 Å². The Morgan fingerprint density at radius 2 is 1.86 bits per heavy atom. The van der Waals surface area contributed by atoms with Crippen molar-refractivity contribution in [3.63, 3.8) is 0 Å². The van der Waals surface area contributed by atoms with Crippen LogP contribution in [0.2, 0.25) is 0 Å². The summed E-state index contributed by atoms with van der Waals surface area (Å²) in [6.45, 7) is 5.47. The number of aromatic nitrogens is 1. The Bertz CT molecular complexity index is 919. The molecular weight excluding hydrogens is 388 g/mol. The lowest BCUT2D eigenvalue weighted by Gasteiger charge is -2.23. The van der Waals surface area contributed by atoms with Crippen LogP contribution in [-0.2, 0) is 17.1 Å². The van der Waals surface area contributed by atoms with E-state index in [1.807, 2.05) is 18.2 Å². The van der Waals surface area contributed by atoms with Crippen LogP contribution < -0.4 is 10.2 Å². The number of nitrogens with zero attached hydrogens (tertiary/aromatic N) is 3. The van der Waals surface area contributed by atoms with Gasteiger partial charge in [-0.2, -0.15) is 4.31 Å². The number of nitrogens with one attached hydrogen (secondary N) is 1. The molecule has 1 N–H and O–H groups in total. The quantitative estimate of drug-likeness (QED) is 0.635. The number of carbonyl (C=O) groups is 1. The van der Waals surface area contributed by atoms with E-state index in [2.05, 4.69) is 29.3 Å². The van der Waals surface area contributed by atoms with Crippen molar-refractivity contribution in [1.29, 1.82) is 0 Å². The molecule has 1 aromatic carbocycles. The number of aryl methyl sites for hydroxylation is 1. The summed E-state index contributed by atoms with van der Waals surface area (Å²) in [5.74, 6) is -0.252. The molecule has 0 aliphatic carbocycles. The Labute approximate surface area is 173 Å². The smallest absolute Gasteiger partial charge is 0.267 e. The third kappa shape index (κ3) is 5.00. The van der Waals surface area contributed by atoms with Crippen molar-refractivity contribution in [2.75, 3.05) is 37.6 Å². The molecule has 0 unspecified atom stereocenters. The highest BCUT2D eigenvalue weighted by Gasteiger charge is 2.29. The van der Waals surface area contributed by atoms with Gasteiger partial charge in [-0.15, -0.1) is 0 Å². The van der Waals surface area contributed by atoms with Crippen molar-refractivity contribution < 1.29 is 13.2 Å². The number of hydrogen-bond donors (Lipinski definition) is 1. The summed E-state index contributed by atoms with van der Waals surface area (Å²) in [6.07, 6.45) is 4.10. The molecule has 0 radical (unpaired) electrons. The van der Waals surface area contributed by atoms with Gasteiger partial charge in [-0.1, -0.05) is 18.2 Å². The predicted octanol–water partition coefficient (Wildman–Crippen LogP) is 2.46. The third-order valence-electron chi connectivity index (χ3n) is 5.31. The minimum Gasteiger partial charge on any atom is -0.372 e. The largest absolute Gasteiger partial charge is 0.372 e. The molecule has 1 aliphatic heterocycles. The van der Waals surface area contributed by atoms with Crippen LogP contribution in [0.4, 0.5) is 5.69 Å². The van der Waals surface area contributed by atoms with Gasteiger partial charge in [-0.3, -0.25) is 4.79 Å². The summed E-state index contributed by atoms with van der Waals surface area (Å²) in [7, 11) is -1.82. The van der Waals surface area contributed by atoms with Crippen LogP contribution in [0.25, 0.3) is 0 Å². The monoisotopic (exact) mass is 418 g/mol. The van der Waals surface area contributed by atoms with Crippen molar-refractivity contribution >= 4 is 21.6 Å². The zero-order chi connectivity index (χ0) is 20.9. The molecule has 7 nitrogen and oxygen atoms in total. The molecule has 29 heavy (non-hydrogen) atoms. The van der Waals surface area contributed by atoms with E-state index in [1.54, 1.807) is 11.6 Å². The van der Waals surface area contributed by atoms with Gasteiger partial charge >= 0.3 is 0 Å². The van der Waals surface area contributed by atoms with E-state index in [0.717, 1.165) is 32.4 Å². The molecular formula is C21H30N4O3S. The third-order valence-corrected chi connectivity index (χ3v) is 7.17. The molecule has 158 valence electrons. The standard InChI is InChI=1S/C21H30N4O3S/c1-3-24(18-10-5-4-6-11-18)13-9-12-22-21(26)20-16-19(17-23(20)2)29(27,28)25-14-7-8-15-25/h4-6,10-11,16-17H,3,7-9,12-15H2,1-2H3,(H,22,26). The minimum atomic E-state index is -3.52. The first-order chi connectivity index (χ1) is 13.9. The molecule has 2 heterocycles. The molecule has 0 saturated carbocycles. The van der Waals surface area contributed by atoms with Crippen LogP contribution >= 0.6 is 0 Å². The SMILES string of the molecule is CCN(CCCNC(=O)c1cc(S(=O)(=O)N2CCCC2)cn1C)c1ccccc1. The van der Waals surface area contributed by atoms with Crippen molar-refractivity contribution in [3.8, 4) is 0 Å². The summed E-state index contributed by atoms with van der Waals surface area (Å²) in [4.78, 5) is 15.0. The number of anilines is 1. The van der Waals surface area contributed by atoms with E-state index >= 15 is 0 Å². The van der Waals surface area contributed by atoms with Crippen molar-refractivity contribution in [1.82, 2.24) is 14.2 Å². The van der Waals surface area contributed by atoms with E-state index in [-0.39, 0.29) is 10.8 Å². The molecule has 2 aromatic rings. The summed E-state index contributed by atoms with van der Waals surface area (Å²) < 4.78 is 28.5. The Hall–Kier alpha value is -2.32. The second-order valence-electron chi connectivity index (χ2n) is 7.31. The maximum absolute atomic E-state index is 12.7. The highest BCUT2D eigenvalue weighted by atomic mass is 32.2. The van der Waals surface area contributed by atoms with Gasteiger partial charge in [-0.05, 0) is 44.4 Å². The Balaban J connectivity index is 1.55. The lowest BCUT2D eigenvalue weighted by Crippen LogP contribution is -2.30. The Morgan fingerprint density at radius 1 is 1.17 bits per heavy atom. The van der Waals surface area contributed by atoms with Crippen LogP contribution in [0.5, 0.6) is 0 Å². The van der Waals surface area contributed by atoms with Crippen molar-refractivity contribution in [3.05, 3.63) is 48.3 Å². The molecule has 1 fully saturated rings. The van der Waals surface area contributed by atoms with E-state index in [9.17, 15) is 13.2 Å². The second kappa shape index (κ2) is 9.45. The number of hydrogen-bond acceptors (Lipinski definition) is 4. The topological polar surface area (TPSA) is 74.7 Å². The lowest BCUT2D eigenvalue weighted by molar-refractivity contribution is 0.0945. The zero-order valence-electron chi connectivity index (χ0n) is 17.2. The number of benzene rings is 1. The molecule has 1 amide bonds. The van der Waals surface area contributed by atoms with E-state index in [0.29, 0.717) is 25.3 Å². The van der Waals surface area contributed by atoms with Gasteiger partial charge in [0.2, 0.25) is 10.0 Å². The van der Waals surface area contributed by atoms with Crippen LogP contribution in [0.15, 0.2) is 47.5 Å². The predicted molar refractivity (Wildman–Crippen MR) is 115 cm³/mol. The van der Waals surface area contributed by atoms with Gasteiger partial charge in [0.1, 0.15) is 10.6 Å². The fourth-order valence-corrected chi connectivity index (χ4v) is 5.24. The number of amides is 1. The fourth-order valence-electron chi connectivity index (χ4n) is 3.65. The molecule has 1 saturated heterocycles. The molecule has 0 bridgehead atoms. The Morgan fingerprint density at radius 3 is 2.52 bits per heavy atom. The average molecular weight is 419 g/mol. The van der Waals surface area contributed by atoms with Gasteiger partial charge in [0.15, 0.2) is 0 Å². The maximum atomic E-state index is 12.7. The van der Waals surface area contributed by atoms with Crippen LogP contribution in [0.1, 0.15) is 36.7 Å². The average Bonchev–Trinajstić information content (AvgIpc) is 3.39. The molecule has 1 aliphatic rings. The maximum Gasteiger partial charge on any atom is 0.267 e. The molecule has 0 atom stereocenters. The van der Waals surface area contributed by atoms with Crippen molar-refractivity contribution in [2.45, 2.75) is 31.1 Å². The molecule has 8 heteroatoms. The summed E-state index contributed by atoms with van der Waals surface area (Å²) >= 11 is 0. The van der Waals surface area contributed by atoms with Gasteiger partial charge in [0.25, 0.3) is 5.91 Å². The molecule has 0 spiro atoms. The van der Waals surface area contributed by atoms with Gasteiger partial charge in [-0.25, -0.2) is 8.42 Å². The zero-order valence-corrected chi connectivity index (χ0v) is 18.0. The second-order valence-corrected chi connectivity index (χ2v) is 9.25. The van der Waals surface area contributed by atoms with Gasteiger partial charge < -0.3 is 14.8 Å². The summed E-state index contributed by atoms with van der Waals surface area (Å²) in [5, 5.41) is 2.91. The van der Waals surface area contributed by atoms with E-state index in [4.69, 9.17) is 0 Å². The number of carbonyl (C=O) groups excluding carboxylic acids is 1. The number of rotatable bonds is 9. The number of para-hydroxylation sites is 1. The first-order valence-corrected chi connectivity index (χ1v) is 11.6. The normalized spacial score (nSPS) is 14.8. The number of sulfonamides is 1. The first kappa shape index (κ1) is 21.4. The van der Waals surface area contributed by atoms with Crippen LogP contribution in [0.3, 0.4) is 0 Å². The van der Waals surface area contributed by atoms with Gasteiger partial charge in [0.05, 0.1) is 0 Å². The highest BCUT2D eigenvalue weighted by Crippen LogP contribution is 2.22. The highest BCUT2D eigenvalue weighted by molar-refractivity contribution is 7.89. The molecule has 3 rings (SSSR count). The van der Waals surface area contributed by atoms with Gasteiger partial charge in [0, 0.05) is 51.7 Å².